The average Bonchev–Trinajstić information content (AvgIpc) is 2.22. The van der Waals surface area contributed by atoms with Gasteiger partial charge in [-0.15, -0.1) is 0 Å². The Hall–Kier alpha value is -0.570. The van der Waals surface area contributed by atoms with E-state index in [1.54, 1.807) is 0 Å². The van der Waals surface area contributed by atoms with Crippen molar-refractivity contribution in [2.45, 2.75) is 45.6 Å². The zero-order valence-electron chi connectivity index (χ0n) is 9.31. The zero-order chi connectivity index (χ0) is 10.4. The van der Waals surface area contributed by atoms with Crippen LogP contribution in [-0.2, 0) is 4.79 Å². The molecule has 14 heavy (non-hydrogen) atoms. The van der Waals surface area contributed by atoms with Gasteiger partial charge in [0.15, 0.2) is 0 Å². The largest absolute Gasteiger partial charge is 0.355 e. The summed E-state index contributed by atoms with van der Waals surface area (Å²) >= 11 is 0. The lowest BCUT2D eigenvalue weighted by Gasteiger charge is -2.24. The molecule has 1 rings (SSSR count). The smallest absolute Gasteiger partial charge is 0.237 e. The van der Waals surface area contributed by atoms with E-state index in [-0.39, 0.29) is 11.9 Å². The molecule has 0 saturated carbocycles. The van der Waals surface area contributed by atoms with E-state index in [2.05, 4.69) is 24.5 Å². The van der Waals surface area contributed by atoms with Crippen LogP contribution < -0.4 is 10.6 Å². The van der Waals surface area contributed by atoms with Crippen LogP contribution in [0.1, 0.15) is 39.5 Å². The fraction of sp³-hybridized carbons (Fsp3) is 0.909. The molecule has 1 aliphatic rings. The number of hydrogen-bond donors (Lipinski definition) is 2. The maximum Gasteiger partial charge on any atom is 0.237 e. The van der Waals surface area contributed by atoms with Gasteiger partial charge in [0, 0.05) is 6.54 Å². The molecule has 2 N–H and O–H groups in total. The van der Waals surface area contributed by atoms with Crippen LogP contribution in [0.2, 0.25) is 0 Å². The van der Waals surface area contributed by atoms with Crippen molar-refractivity contribution in [1.82, 2.24) is 10.6 Å². The van der Waals surface area contributed by atoms with Crippen LogP contribution in [-0.4, -0.2) is 25.0 Å². The summed E-state index contributed by atoms with van der Waals surface area (Å²) in [7, 11) is 0. The first kappa shape index (κ1) is 11.5. The van der Waals surface area contributed by atoms with E-state index in [9.17, 15) is 4.79 Å². The highest BCUT2D eigenvalue weighted by Crippen LogP contribution is 2.08. The maximum absolute atomic E-state index is 11.4. The number of nitrogens with one attached hydrogen (secondary N) is 2. The molecule has 0 aromatic rings. The van der Waals surface area contributed by atoms with Gasteiger partial charge < -0.3 is 10.6 Å². The second-order valence-corrected chi connectivity index (χ2v) is 4.08. The van der Waals surface area contributed by atoms with Crippen LogP contribution in [0.3, 0.4) is 0 Å². The lowest BCUT2D eigenvalue weighted by Crippen LogP contribution is -2.49. The number of carbonyl (C=O) groups excluding carboxylic acids is 1. The number of carbonyl (C=O) groups is 1. The first-order valence-corrected chi connectivity index (χ1v) is 5.79. The van der Waals surface area contributed by atoms with E-state index < -0.39 is 0 Å². The highest BCUT2D eigenvalue weighted by Gasteiger charge is 2.21. The highest BCUT2D eigenvalue weighted by atomic mass is 16.2. The van der Waals surface area contributed by atoms with Gasteiger partial charge in [0.1, 0.15) is 0 Å². The van der Waals surface area contributed by atoms with Crippen molar-refractivity contribution in [2.24, 2.45) is 5.92 Å². The second kappa shape index (κ2) is 6.02. The lowest BCUT2D eigenvalue weighted by atomic mass is 10.0. The van der Waals surface area contributed by atoms with Gasteiger partial charge in [0.2, 0.25) is 5.91 Å². The highest BCUT2D eigenvalue weighted by molar-refractivity contribution is 5.82. The molecule has 0 bridgehead atoms. The maximum atomic E-state index is 11.4. The quantitative estimate of drug-likeness (QED) is 0.699. The Morgan fingerprint density at radius 3 is 2.79 bits per heavy atom. The van der Waals surface area contributed by atoms with Crippen LogP contribution >= 0.6 is 0 Å². The van der Waals surface area contributed by atoms with Crippen molar-refractivity contribution in [2.75, 3.05) is 13.1 Å². The van der Waals surface area contributed by atoms with E-state index >= 15 is 0 Å². The fourth-order valence-electron chi connectivity index (χ4n) is 1.85. The molecule has 1 saturated heterocycles. The molecule has 1 unspecified atom stereocenters. The van der Waals surface area contributed by atoms with Gasteiger partial charge in [-0.05, 0) is 25.3 Å². The molecule has 1 fully saturated rings. The van der Waals surface area contributed by atoms with Gasteiger partial charge in [0.05, 0.1) is 6.04 Å². The molecular formula is C11H22N2O. The van der Waals surface area contributed by atoms with Crippen LogP contribution in [0, 0.1) is 5.92 Å². The molecule has 1 amide bonds. The molecule has 0 aromatic carbocycles. The van der Waals surface area contributed by atoms with E-state index in [1.165, 1.54) is 12.8 Å². The normalized spacial score (nSPS) is 22.5. The number of hydrogen-bond acceptors (Lipinski definition) is 2. The van der Waals surface area contributed by atoms with Gasteiger partial charge in [-0.1, -0.05) is 26.7 Å². The second-order valence-electron chi connectivity index (χ2n) is 4.08. The Morgan fingerprint density at radius 2 is 2.21 bits per heavy atom. The van der Waals surface area contributed by atoms with Crippen LogP contribution in [0.15, 0.2) is 0 Å². The molecule has 3 heteroatoms. The van der Waals surface area contributed by atoms with Crippen molar-refractivity contribution < 1.29 is 4.79 Å². The summed E-state index contributed by atoms with van der Waals surface area (Å²) < 4.78 is 0. The zero-order valence-corrected chi connectivity index (χ0v) is 9.31. The number of amides is 1. The summed E-state index contributed by atoms with van der Waals surface area (Å²) in [5, 5.41) is 6.25. The van der Waals surface area contributed by atoms with Gasteiger partial charge in [-0.25, -0.2) is 0 Å². The molecule has 0 aromatic heterocycles. The average molecular weight is 198 g/mol. The standard InChI is InChI=1S/C11H22N2O/c1-3-9(4-2)8-13-10-6-5-7-12-11(10)14/h9-10,13H,3-8H2,1-2H3,(H,12,14). The van der Waals surface area contributed by atoms with Crippen molar-refractivity contribution in [1.29, 1.82) is 0 Å². The third-order valence-electron chi connectivity index (χ3n) is 3.09. The fourth-order valence-corrected chi connectivity index (χ4v) is 1.85. The third kappa shape index (κ3) is 3.29. The molecule has 1 aliphatic heterocycles. The molecule has 0 radical (unpaired) electrons. The monoisotopic (exact) mass is 198 g/mol. The molecule has 3 nitrogen and oxygen atoms in total. The topological polar surface area (TPSA) is 41.1 Å². The minimum absolute atomic E-state index is 0.0596. The lowest BCUT2D eigenvalue weighted by molar-refractivity contribution is -0.124. The summed E-state index contributed by atoms with van der Waals surface area (Å²) in [5.74, 6) is 0.895. The predicted molar refractivity (Wildman–Crippen MR) is 58.1 cm³/mol. The predicted octanol–water partition coefficient (Wildman–Crippen LogP) is 1.29. The van der Waals surface area contributed by atoms with Crippen LogP contribution in [0.5, 0.6) is 0 Å². The molecule has 1 heterocycles. The summed E-state index contributed by atoms with van der Waals surface area (Å²) in [6, 6.07) is 0.0596. The molecular weight excluding hydrogens is 176 g/mol. The Balaban J connectivity index is 2.25. The number of rotatable bonds is 5. The first-order valence-electron chi connectivity index (χ1n) is 5.79. The van der Waals surface area contributed by atoms with Crippen molar-refractivity contribution in [3.8, 4) is 0 Å². The molecule has 0 aliphatic carbocycles. The minimum Gasteiger partial charge on any atom is -0.355 e. The summed E-state index contributed by atoms with van der Waals surface area (Å²) in [4.78, 5) is 11.4. The van der Waals surface area contributed by atoms with Gasteiger partial charge in [-0.3, -0.25) is 4.79 Å². The molecule has 82 valence electrons. The van der Waals surface area contributed by atoms with Crippen molar-refractivity contribution in [3.05, 3.63) is 0 Å². The Labute approximate surface area is 86.6 Å². The van der Waals surface area contributed by atoms with Crippen LogP contribution in [0.25, 0.3) is 0 Å². The summed E-state index contributed by atoms with van der Waals surface area (Å²) in [5.41, 5.74) is 0. The van der Waals surface area contributed by atoms with Crippen molar-refractivity contribution >= 4 is 5.91 Å². The van der Waals surface area contributed by atoms with Crippen LogP contribution in [0.4, 0.5) is 0 Å². The minimum atomic E-state index is 0.0596. The molecule has 0 spiro atoms. The Morgan fingerprint density at radius 1 is 1.50 bits per heavy atom. The number of piperidine rings is 1. The van der Waals surface area contributed by atoms with Crippen molar-refractivity contribution in [3.63, 3.8) is 0 Å². The SMILES string of the molecule is CCC(CC)CNC1CCCNC1=O. The van der Waals surface area contributed by atoms with E-state index in [0.717, 1.165) is 25.9 Å². The Bertz CT molecular complexity index is 178. The van der Waals surface area contributed by atoms with E-state index in [4.69, 9.17) is 0 Å². The van der Waals surface area contributed by atoms with E-state index in [0.29, 0.717) is 5.92 Å². The third-order valence-corrected chi connectivity index (χ3v) is 3.09. The first-order chi connectivity index (χ1) is 6.77. The summed E-state index contributed by atoms with van der Waals surface area (Å²) in [6.45, 7) is 6.24. The Kier molecular flexibility index (Phi) is 4.94. The van der Waals surface area contributed by atoms with Gasteiger partial charge in [-0.2, -0.15) is 0 Å². The van der Waals surface area contributed by atoms with Gasteiger partial charge >= 0.3 is 0 Å². The molecule has 1 atom stereocenters. The van der Waals surface area contributed by atoms with E-state index in [1.807, 2.05) is 0 Å². The summed E-state index contributed by atoms with van der Waals surface area (Å²) in [6.07, 6.45) is 4.48. The van der Waals surface area contributed by atoms with Gasteiger partial charge in [0.25, 0.3) is 0 Å².